The van der Waals surface area contributed by atoms with Gasteiger partial charge in [-0.2, -0.15) is 10.1 Å². The molecule has 4 aliphatic rings. The van der Waals surface area contributed by atoms with E-state index in [-0.39, 0.29) is 16.7 Å². The van der Waals surface area contributed by atoms with Crippen LogP contribution < -0.4 is 10.2 Å². The van der Waals surface area contributed by atoms with Gasteiger partial charge in [0.25, 0.3) is 0 Å². The summed E-state index contributed by atoms with van der Waals surface area (Å²) in [4.78, 5) is 28.7. The summed E-state index contributed by atoms with van der Waals surface area (Å²) in [6.45, 7) is 10.1. The molecule has 0 bridgehead atoms. The summed E-state index contributed by atoms with van der Waals surface area (Å²) in [6.07, 6.45) is 9.88. The summed E-state index contributed by atoms with van der Waals surface area (Å²) in [6, 6.07) is 0.431. The first-order valence-electron chi connectivity index (χ1n) is 12.8. The smallest absolute Gasteiger partial charge is 0.229 e. The largest absolute Gasteiger partial charge is 0.354 e. The Bertz CT molecular complexity index is 1110. The van der Waals surface area contributed by atoms with Crippen LogP contribution in [0.3, 0.4) is 0 Å². The van der Waals surface area contributed by atoms with Crippen molar-refractivity contribution in [1.82, 2.24) is 29.5 Å². The van der Waals surface area contributed by atoms with Gasteiger partial charge in [0, 0.05) is 49.1 Å². The number of rotatable bonds is 5. The van der Waals surface area contributed by atoms with Gasteiger partial charge in [-0.25, -0.2) is 4.98 Å². The fourth-order valence-electron chi connectivity index (χ4n) is 6.19. The van der Waals surface area contributed by atoms with Crippen LogP contribution in [0.1, 0.15) is 45.6 Å². The van der Waals surface area contributed by atoms with Gasteiger partial charge in [-0.15, -0.1) is 0 Å². The van der Waals surface area contributed by atoms with Crippen LogP contribution in [0.2, 0.25) is 5.02 Å². The molecule has 3 saturated heterocycles. The second-order valence-corrected chi connectivity index (χ2v) is 12.1. The number of hydrogen-bond acceptors (Lipinski definition) is 7. The number of anilines is 3. The molecule has 2 atom stereocenters. The van der Waals surface area contributed by atoms with Crippen molar-refractivity contribution in [3.05, 3.63) is 23.6 Å². The third kappa shape index (κ3) is 4.16. The Kier molecular flexibility index (Phi) is 5.49. The van der Waals surface area contributed by atoms with Crippen molar-refractivity contribution in [2.75, 3.05) is 56.5 Å². The van der Waals surface area contributed by atoms with Crippen LogP contribution in [0.4, 0.5) is 17.5 Å². The number of aromatic nitrogens is 4. The summed E-state index contributed by atoms with van der Waals surface area (Å²) >= 11 is 6.59. The fourth-order valence-corrected chi connectivity index (χ4v) is 6.40. The zero-order chi connectivity index (χ0) is 24.4. The maximum Gasteiger partial charge on any atom is 0.229 e. The molecule has 5 heterocycles. The van der Waals surface area contributed by atoms with Gasteiger partial charge < -0.3 is 20.0 Å². The molecule has 188 valence electrons. The third-order valence-electron chi connectivity index (χ3n) is 8.80. The second kappa shape index (κ2) is 8.34. The highest BCUT2D eigenvalue weighted by Gasteiger charge is 2.59. The number of halogens is 1. The number of carbonyl (C=O) groups is 1. The molecule has 0 radical (unpaired) electrons. The zero-order valence-corrected chi connectivity index (χ0v) is 21.6. The lowest BCUT2D eigenvalue weighted by Crippen LogP contribution is -2.36. The molecule has 6 rings (SSSR count). The minimum atomic E-state index is 0.00856. The van der Waals surface area contributed by atoms with Crippen LogP contribution in [0, 0.1) is 16.7 Å². The molecule has 1 saturated carbocycles. The van der Waals surface area contributed by atoms with Crippen molar-refractivity contribution >= 4 is 35.0 Å². The van der Waals surface area contributed by atoms with Crippen molar-refractivity contribution in [3.8, 4) is 0 Å². The van der Waals surface area contributed by atoms with Crippen molar-refractivity contribution < 1.29 is 4.79 Å². The van der Waals surface area contributed by atoms with Gasteiger partial charge in [-0.05, 0) is 45.8 Å². The number of nitrogens with one attached hydrogen (secondary N) is 1. The highest BCUT2D eigenvalue weighted by Crippen LogP contribution is 2.53. The Morgan fingerprint density at radius 3 is 2.40 bits per heavy atom. The molecule has 1 aliphatic carbocycles. The quantitative estimate of drug-likeness (QED) is 0.676. The molecule has 2 aromatic rings. The predicted molar refractivity (Wildman–Crippen MR) is 136 cm³/mol. The monoisotopic (exact) mass is 498 g/mol. The first-order chi connectivity index (χ1) is 16.7. The Morgan fingerprint density at radius 1 is 1.06 bits per heavy atom. The van der Waals surface area contributed by atoms with Crippen LogP contribution in [0.15, 0.2) is 18.6 Å². The normalized spacial score (nSPS) is 29.6. The molecular weight excluding hydrogens is 464 g/mol. The number of amides is 1. The van der Waals surface area contributed by atoms with Crippen LogP contribution >= 0.6 is 11.6 Å². The van der Waals surface area contributed by atoms with Gasteiger partial charge in [-0.3, -0.25) is 9.48 Å². The van der Waals surface area contributed by atoms with Crippen molar-refractivity contribution in [2.45, 2.75) is 45.6 Å². The predicted octanol–water partition coefficient (Wildman–Crippen LogP) is 3.42. The van der Waals surface area contributed by atoms with Crippen LogP contribution in [0.5, 0.6) is 0 Å². The molecule has 4 fully saturated rings. The number of piperidine rings is 1. The van der Waals surface area contributed by atoms with E-state index in [2.05, 4.69) is 55.7 Å². The van der Waals surface area contributed by atoms with E-state index in [1.165, 1.54) is 0 Å². The van der Waals surface area contributed by atoms with Crippen molar-refractivity contribution in [3.63, 3.8) is 0 Å². The van der Waals surface area contributed by atoms with E-state index >= 15 is 0 Å². The molecular formula is C25H35ClN8O. The number of nitrogens with zero attached hydrogens (tertiary/aromatic N) is 7. The van der Waals surface area contributed by atoms with E-state index in [9.17, 15) is 4.79 Å². The van der Waals surface area contributed by atoms with Gasteiger partial charge in [0.1, 0.15) is 5.02 Å². The molecule has 10 heteroatoms. The van der Waals surface area contributed by atoms with Crippen molar-refractivity contribution in [1.29, 1.82) is 0 Å². The standard InChI is InChI=1S/C25H35ClN8O/c1-24-13-32(14-25(24,2)16-33(15-24)22(35)17-4-5-17)21-20(26)11-27-23(30-21)29-18-10-28-34(12-18)19-6-8-31(3)9-7-19/h10-12,17,19H,4-9,13-16H2,1-3H3,(H,27,29,30)/t24-,25+. The van der Waals surface area contributed by atoms with E-state index in [1.807, 2.05) is 12.4 Å². The average Bonchev–Trinajstić information content (AvgIpc) is 3.44. The topological polar surface area (TPSA) is 82.4 Å². The lowest BCUT2D eigenvalue weighted by molar-refractivity contribution is -0.132. The summed E-state index contributed by atoms with van der Waals surface area (Å²) in [7, 11) is 2.17. The van der Waals surface area contributed by atoms with E-state index in [0.717, 1.165) is 76.5 Å². The molecule has 1 amide bonds. The van der Waals surface area contributed by atoms with E-state index in [4.69, 9.17) is 16.6 Å². The van der Waals surface area contributed by atoms with Gasteiger partial charge in [-0.1, -0.05) is 25.4 Å². The van der Waals surface area contributed by atoms with Crippen molar-refractivity contribution in [2.24, 2.45) is 16.7 Å². The Labute approximate surface area is 211 Å². The van der Waals surface area contributed by atoms with Gasteiger partial charge in [0.15, 0.2) is 5.82 Å². The first-order valence-corrected chi connectivity index (χ1v) is 13.2. The lowest BCUT2D eigenvalue weighted by Gasteiger charge is -2.29. The number of carbonyl (C=O) groups excluding carboxylic acids is 1. The number of fused-ring (bicyclic) bond motifs is 1. The van der Waals surface area contributed by atoms with E-state index < -0.39 is 0 Å². The first kappa shape index (κ1) is 23.0. The van der Waals surface area contributed by atoms with Gasteiger partial charge in [0.2, 0.25) is 11.9 Å². The molecule has 0 unspecified atom stereocenters. The zero-order valence-electron chi connectivity index (χ0n) is 20.9. The van der Waals surface area contributed by atoms with Gasteiger partial charge >= 0.3 is 0 Å². The average molecular weight is 499 g/mol. The van der Waals surface area contributed by atoms with Crippen LogP contribution in [0.25, 0.3) is 0 Å². The highest BCUT2D eigenvalue weighted by atomic mass is 35.5. The van der Waals surface area contributed by atoms with Crippen LogP contribution in [-0.4, -0.2) is 81.8 Å². The Balaban J connectivity index is 1.16. The summed E-state index contributed by atoms with van der Waals surface area (Å²) in [5, 5.41) is 8.46. The molecule has 35 heavy (non-hydrogen) atoms. The molecule has 2 aromatic heterocycles. The number of likely N-dealkylation sites (tertiary alicyclic amines) is 2. The maximum atomic E-state index is 12.7. The molecule has 0 spiro atoms. The summed E-state index contributed by atoms with van der Waals surface area (Å²) in [5.74, 6) is 1.89. The maximum absolute atomic E-state index is 12.7. The molecule has 9 nitrogen and oxygen atoms in total. The summed E-state index contributed by atoms with van der Waals surface area (Å²) in [5.41, 5.74) is 0.895. The van der Waals surface area contributed by atoms with Gasteiger partial charge in [0.05, 0.1) is 24.1 Å². The summed E-state index contributed by atoms with van der Waals surface area (Å²) < 4.78 is 2.06. The molecule has 3 aliphatic heterocycles. The minimum Gasteiger partial charge on any atom is -0.354 e. The second-order valence-electron chi connectivity index (χ2n) is 11.7. The highest BCUT2D eigenvalue weighted by molar-refractivity contribution is 6.32. The van der Waals surface area contributed by atoms with E-state index in [0.29, 0.717) is 22.9 Å². The molecule has 0 aromatic carbocycles. The van der Waals surface area contributed by atoms with E-state index in [1.54, 1.807) is 6.20 Å². The Morgan fingerprint density at radius 2 is 1.74 bits per heavy atom. The fraction of sp³-hybridized carbons (Fsp3) is 0.680. The molecule has 1 N–H and O–H groups in total. The Hall–Kier alpha value is -2.39. The lowest BCUT2D eigenvalue weighted by atomic mass is 9.71. The third-order valence-corrected chi connectivity index (χ3v) is 9.07. The van der Waals surface area contributed by atoms with Crippen LogP contribution in [-0.2, 0) is 4.79 Å². The SMILES string of the molecule is CN1CCC(n2cc(Nc3ncc(Cl)c(N4C[C@]5(C)CN(C(=O)C6CC6)C[C@]5(C)C4)n3)cn2)CC1. The number of hydrogen-bond donors (Lipinski definition) is 1. The minimum absolute atomic E-state index is 0.00856.